The quantitative estimate of drug-likeness (QED) is 0.510. The Morgan fingerprint density at radius 2 is 1.46 bits per heavy atom. The van der Waals surface area contributed by atoms with Gasteiger partial charge in [0.25, 0.3) is 0 Å². The summed E-state index contributed by atoms with van der Waals surface area (Å²) in [7, 11) is 0. The van der Waals surface area contributed by atoms with Gasteiger partial charge in [0.1, 0.15) is 5.75 Å². The summed E-state index contributed by atoms with van der Waals surface area (Å²) >= 11 is 0. The van der Waals surface area contributed by atoms with Crippen molar-refractivity contribution in [2.45, 2.75) is 96.8 Å². The van der Waals surface area contributed by atoms with Crippen LogP contribution in [0.5, 0.6) is 5.75 Å². The molecule has 1 aromatic rings. The van der Waals surface area contributed by atoms with Gasteiger partial charge < -0.3 is 5.11 Å². The van der Waals surface area contributed by atoms with Gasteiger partial charge in [-0.1, -0.05) is 96.1 Å². The highest BCUT2D eigenvalue weighted by Crippen LogP contribution is 2.39. The molecule has 1 heteroatoms. The van der Waals surface area contributed by atoms with Crippen molar-refractivity contribution in [2.75, 3.05) is 0 Å². The summed E-state index contributed by atoms with van der Waals surface area (Å²) in [5.74, 6) is 4.21. The molecule has 1 aromatic carbocycles. The van der Waals surface area contributed by atoms with E-state index in [-0.39, 0.29) is 0 Å². The molecule has 3 rings (SSSR count). The third kappa shape index (κ3) is 6.03. The summed E-state index contributed by atoms with van der Waals surface area (Å²) in [6.07, 6.45) is 20.1. The fourth-order valence-electron chi connectivity index (χ4n) is 5.71. The van der Waals surface area contributed by atoms with Crippen molar-refractivity contribution in [3.63, 3.8) is 0 Å². The number of hydrogen-bond acceptors (Lipinski definition) is 1. The lowest BCUT2D eigenvalue weighted by Gasteiger charge is -2.33. The van der Waals surface area contributed by atoms with Crippen LogP contribution in [0.4, 0.5) is 0 Å². The number of rotatable bonds is 8. The fourth-order valence-corrected chi connectivity index (χ4v) is 5.71. The molecule has 26 heavy (non-hydrogen) atoms. The van der Waals surface area contributed by atoms with Crippen LogP contribution >= 0.6 is 0 Å². The molecule has 2 aliphatic rings. The van der Waals surface area contributed by atoms with Crippen molar-refractivity contribution in [2.24, 2.45) is 23.7 Å². The molecule has 1 unspecified atom stereocenters. The zero-order valence-corrected chi connectivity index (χ0v) is 17.0. The minimum absolute atomic E-state index is 0.395. The van der Waals surface area contributed by atoms with E-state index in [0.717, 1.165) is 23.7 Å². The Morgan fingerprint density at radius 3 is 2.08 bits per heavy atom. The van der Waals surface area contributed by atoms with Crippen molar-refractivity contribution in [1.29, 1.82) is 0 Å². The second kappa shape index (κ2) is 10.4. The summed E-state index contributed by atoms with van der Waals surface area (Å²) in [5, 5.41) is 9.57. The minimum atomic E-state index is 0.395. The largest absolute Gasteiger partial charge is 0.508 e. The van der Waals surface area contributed by atoms with Gasteiger partial charge in [0.2, 0.25) is 0 Å². The second-order valence-corrected chi connectivity index (χ2v) is 9.28. The molecular weight excluding hydrogens is 316 g/mol. The number of phenols is 1. The Balaban J connectivity index is 1.52. The van der Waals surface area contributed by atoms with Crippen LogP contribution in [-0.2, 0) is 6.42 Å². The molecule has 0 aliphatic heterocycles. The van der Waals surface area contributed by atoms with Gasteiger partial charge in [-0.05, 0) is 54.2 Å². The number of phenolic OH excluding ortho intramolecular Hbond substituents is 1. The summed E-state index contributed by atoms with van der Waals surface area (Å²) < 4.78 is 0. The molecule has 0 aromatic heterocycles. The first kappa shape index (κ1) is 19.8. The molecule has 0 amide bonds. The SMILES string of the molecule is CCCC1CCC(CCC(Cc2ccc(O)cc2)C2CCCCC2)CC1. The summed E-state index contributed by atoms with van der Waals surface area (Å²) in [6, 6.07) is 8.01. The third-order valence-corrected chi connectivity index (χ3v) is 7.36. The molecule has 0 spiro atoms. The predicted molar refractivity (Wildman–Crippen MR) is 111 cm³/mol. The van der Waals surface area contributed by atoms with Gasteiger partial charge in [0.15, 0.2) is 0 Å². The van der Waals surface area contributed by atoms with E-state index in [0.29, 0.717) is 5.75 Å². The average molecular weight is 357 g/mol. The summed E-state index contributed by atoms with van der Waals surface area (Å²) in [4.78, 5) is 0. The molecule has 1 N–H and O–H groups in total. The van der Waals surface area contributed by atoms with Crippen LogP contribution < -0.4 is 0 Å². The van der Waals surface area contributed by atoms with E-state index in [4.69, 9.17) is 0 Å². The molecular formula is C25H40O. The lowest BCUT2D eigenvalue weighted by Crippen LogP contribution is -2.22. The maximum atomic E-state index is 9.57. The number of hydrogen-bond donors (Lipinski definition) is 1. The lowest BCUT2D eigenvalue weighted by molar-refractivity contribution is 0.197. The first-order valence-corrected chi connectivity index (χ1v) is 11.5. The first-order valence-electron chi connectivity index (χ1n) is 11.5. The van der Waals surface area contributed by atoms with Gasteiger partial charge in [-0.2, -0.15) is 0 Å². The molecule has 2 fully saturated rings. The Morgan fingerprint density at radius 1 is 0.846 bits per heavy atom. The molecule has 2 aliphatic carbocycles. The highest BCUT2D eigenvalue weighted by Gasteiger charge is 2.26. The minimum Gasteiger partial charge on any atom is -0.508 e. The zero-order valence-electron chi connectivity index (χ0n) is 17.0. The van der Waals surface area contributed by atoms with E-state index in [2.05, 4.69) is 19.1 Å². The number of benzene rings is 1. The van der Waals surface area contributed by atoms with E-state index in [9.17, 15) is 5.11 Å². The Hall–Kier alpha value is -0.980. The third-order valence-electron chi connectivity index (χ3n) is 7.36. The summed E-state index contributed by atoms with van der Waals surface area (Å²) in [5.41, 5.74) is 1.42. The van der Waals surface area contributed by atoms with Gasteiger partial charge in [-0.3, -0.25) is 0 Å². The predicted octanol–water partition coefficient (Wildman–Crippen LogP) is 7.52. The molecule has 1 nitrogen and oxygen atoms in total. The molecule has 1 atom stereocenters. The van der Waals surface area contributed by atoms with Crippen LogP contribution in [0.3, 0.4) is 0 Å². The standard InChI is InChI=1S/C25H40O/c1-2-6-20-9-11-21(12-10-20)13-16-24(23-7-4-3-5-8-23)19-22-14-17-25(26)18-15-22/h14-15,17-18,20-21,23-24,26H,2-13,16,19H2,1H3. The monoisotopic (exact) mass is 356 g/mol. The van der Waals surface area contributed by atoms with Crippen molar-refractivity contribution < 1.29 is 5.11 Å². The van der Waals surface area contributed by atoms with E-state index < -0.39 is 0 Å². The first-order chi connectivity index (χ1) is 12.7. The lowest BCUT2D eigenvalue weighted by atomic mass is 9.72. The van der Waals surface area contributed by atoms with Gasteiger partial charge >= 0.3 is 0 Å². The van der Waals surface area contributed by atoms with Crippen LogP contribution in [0.25, 0.3) is 0 Å². The molecule has 0 saturated heterocycles. The molecule has 146 valence electrons. The van der Waals surface area contributed by atoms with E-state index >= 15 is 0 Å². The van der Waals surface area contributed by atoms with E-state index in [1.807, 2.05) is 12.1 Å². The Labute approximate surface area is 161 Å². The average Bonchev–Trinajstić information content (AvgIpc) is 2.69. The van der Waals surface area contributed by atoms with Crippen LogP contribution in [0, 0.1) is 23.7 Å². The fraction of sp³-hybridized carbons (Fsp3) is 0.760. The second-order valence-electron chi connectivity index (χ2n) is 9.28. The van der Waals surface area contributed by atoms with Gasteiger partial charge in [0.05, 0.1) is 0 Å². The Bertz CT molecular complexity index is 491. The maximum Gasteiger partial charge on any atom is 0.115 e. The van der Waals surface area contributed by atoms with E-state index in [1.54, 1.807) is 0 Å². The van der Waals surface area contributed by atoms with Gasteiger partial charge in [0, 0.05) is 0 Å². The molecule has 2 saturated carbocycles. The van der Waals surface area contributed by atoms with Gasteiger partial charge in [-0.15, -0.1) is 0 Å². The van der Waals surface area contributed by atoms with Gasteiger partial charge in [-0.25, -0.2) is 0 Å². The van der Waals surface area contributed by atoms with Crippen LogP contribution in [0.1, 0.15) is 96.0 Å². The van der Waals surface area contributed by atoms with Crippen molar-refractivity contribution in [3.8, 4) is 5.75 Å². The van der Waals surface area contributed by atoms with Crippen molar-refractivity contribution in [3.05, 3.63) is 29.8 Å². The normalized spacial score (nSPS) is 25.9. The highest BCUT2D eigenvalue weighted by molar-refractivity contribution is 5.26. The van der Waals surface area contributed by atoms with Crippen LogP contribution in [0.15, 0.2) is 24.3 Å². The molecule has 0 radical (unpaired) electrons. The molecule has 0 heterocycles. The van der Waals surface area contributed by atoms with Crippen molar-refractivity contribution in [1.82, 2.24) is 0 Å². The smallest absolute Gasteiger partial charge is 0.115 e. The number of aromatic hydroxyl groups is 1. The van der Waals surface area contributed by atoms with Crippen LogP contribution in [0.2, 0.25) is 0 Å². The highest BCUT2D eigenvalue weighted by atomic mass is 16.3. The van der Waals surface area contributed by atoms with E-state index in [1.165, 1.54) is 95.5 Å². The van der Waals surface area contributed by atoms with Crippen molar-refractivity contribution >= 4 is 0 Å². The van der Waals surface area contributed by atoms with Crippen LogP contribution in [-0.4, -0.2) is 5.11 Å². The maximum absolute atomic E-state index is 9.57. The zero-order chi connectivity index (χ0) is 18.2. The molecule has 0 bridgehead atoms. The topological polar surface area (TPSA) is 20.2 Å². The Kier molecular flexibility index (Phi) is 7.89. The summed E-state index contributed by atoms with van der Waals surface area (Å²) in [6.45, 7) is 2.34.